The second kappa shape index (κ2) is 6.83. The minimum atomic E-state index is -0.898. The molecule has 0 unspecified atom stereocenters. The van der Waals surface area contributed by atoms with Crippen molar-refractivity contribution >= 4 is 17.3 Å². The summed E-state index contributed by atoms with van der Waals surface area (Å²) in [6, 6.07) is 9.19. The molecule has 0 aliphatic carbocycles. The Morgan fingerprint density at radius 1 is 1.35 bits per heavy atom. The molecule has 1 fully saturated rings. The van der Waals surface area contributed by atoms with Crippen molar-refractivity contribution in [2.24, 2.45) is 0 Å². The first-order valence-corrected chi connectivity index (χ1v) is 8.70. The lowest BCUT2D eigenvalue weighted by Gasteiger charge is -2.36. The highest BCUT2D eigenvalue weighted by Crippen LogP contribution is 2.34. The van der Waals surface area contributed by atoms with Crippen LogP contribution in [0.2, 0.25) is 0 Å². The molecule has 0 amide bonds. The SMILES string of the molecule is Cc1ccsc1[C@H]1CCN(Cc2ccccc2C(=O)O)C[C@@H]1O. The van der Waals surface area contributed by atoms with Gasteiger partial charge in [-0.2, -0.15) is 0 Å². The molecule has 0 spiro atoms. The van der Waals surface area contributed by atoms with E-state index in [9.17, 15) is 15.0 Å². The van der Waals surface area contributed by atoms with Crippen molar-refractivity contribution in [3.8, 4) is 0 Å². The molecular weight excluding hydrogens is 310 g/mol. The number of nitrogens with zero attached hydrogens (tertiary/aromatic N) is 1. The Kier molecular flexibility index (Phi) is 4.80. The van der Waals surface area contributed by atoms with Gasteiger partial charge in [0.05, 0.1) is 11.7 Å². The summed E-state index contributed by atoms with van der Waals surface area (Å²) in [4.78, 5) is 14.7. The maximum atomic E-state index is 11.3. The zero-order valence-corrected chi connectivity index (χ0v) is 13.9. The summed E-state index contributed by atoms with van der Waals surface area (Å²) in [5.41, 5.74) is 2.40. The summed E-state index contributed by atoms with van der Waals surface area (Å²) >= 11 is 1.72. The Morgan fingerprint density at radius 2 is 2.13 bits per heavy atom. The van der Waals surface area contributed by atoms with Crippen molar-refractivity contribution in [1.29, 1.82) is 0 Å². The first kappa shape index (κ1) is 16.2. The third kappa shape index (κ3) is 3.47. The van der Waals surface area contributed by atoms with Crippen LogP contribution in [0.4, 0.5) is 0 Å². The van der Waals surface area contributed by atoms with Crippen LogP contribution < -0.4 is 0 Å². The first-order valence-electron chi connectivity index (χ1n) is 7.82. The van der Waals surface area contributed by atoms with E-state index >= 15 is 0 Å². The van der Waals surface area contributed by atoms with Gasteiger partial charge in [0.2, 0.25) is 0 Å². The van der Waals surface area contributed by atoms with Crippen molar-refractivity contribution in [1.82, 2.24) is 4.90 Å². The lowest BCUT2D eigenvalue weighted by molar-refractivity contribution is 0.0481. The number of aryl methyl sites for hydroxylation is 1. The summed E-state index contributed by atoms with van der Waals surface area (Å²) in [5, 5.41) is 21.9. The fourth-order valence-electron chi connectivity index (χ4n) is 3.32. The quantitative estimate of drug-likeness (QED) is 0.904. The van der Waals surface area contributed by atoms with E-state index in [1.54, 1.807) is 23.5 Å². The molecule has 23 heavy (non-hydrogen) atoms. The van der Waals surface area contributed by atoms with Crippen LogP contribution in [-0.4, -0.2) is 40.3 Å². The van der Waals surface area contributed by atoms with Crippen LogP contribution in [-0.2, 0) is 6.54 Å². The van der Waals surface area contributed by atoms with Gasteiger partial charge in [-0.1, -0.05) is 18.2 Å². The highest BCUT2D eigenvalue weighted by Gasteiger charge is 2.30. The van der Waals surface area contributed by atoms with E-state index in [1.807, 2.05) is 12.1 Å². The van der Waals surface area contributed by atoms with Gasteiger partial charge in [0, 0.05) is 23.9 Å². The zero-order valence-electron chi connectivity index (χ0n) is 13.1. The van der Waals surface area contributed by atoms with Crippen LogP contribution in [0.1, 0.15) is 38.7 Å². The summed E-state index contributed by atoms with van der Waals surface area (Å²) < 4.78 is 0. The van der Waals surface area contributed by atoms with Gasteiger partial charge in [0.25, 0.3) is 0 Å². The average Bonchev–Trinajstić information content (AvgIpc) is 2.94. The molecule has 4 nitrogen and oxygen atoms in total. The van der Waals surface area contributed by atoms with Crippen molar-refractivity contribution in [3.63, 3.8) is 0 Å². The van der Waals surface area contributed by atoms with Crippen molar-refractivity contribution < 1.29 is 15.0 Å². The molecule has 2 aromatic rings. The minimum Gasteiger partial charge on any atom is -0.478 e. The fourth-order valence-corrected chi connectivity index (χ4v) is 4.44. The van der Waals surface area contributed by atoms with Gasteiger partial charge in [-0.05, 0) is 48.5 Å². The Labute approximate surface area is 140 Å². The van der Waals surface area contributed by atoms with Gasteiger partial charge in [0.1, 0.15) is 0 Å². The number of likely N-dealkylation sites (tertiary alicyclic amines) is 1. The molecule has 1 aliphatic heterocycles. The number of benzene rings is 1. The number of carboxylic acid groups (broad SMARTS) is 1. The van der Waals surface area contributed by atoms with Crippen LogP contribution in [0.15, 0.2) is 35.7 Å². The van der Waals surface area contributed by atoms with E-state index in [2.05, 4.69) is 23.3 Å². The molecule has 0 saturated carbocycles. The highest BCUT2D eigenvalue weighted by molar-refractivity contribution is 7.10. The predicted molar refractivity (Wildman–Crippen MR) is 91.1 cm³/mol. The number of aromatic carboxylic acids is 1. The van der Waals surface area contributed by atoms with Gasteiger partial charge in [-0.25, -0.2) is 4.79 Å². The van der Waals surface area contributed by atoms with Gasteiger partial charge in [-0.3, -0.25) is 4.90 Å². The number of thiophene rings is 1. The van der Waals surface area contributed by atoms with Gasteiger partial charge in [-0.15, -0.1) is 11.3 Å². The molecule has 1 aromatic heterocycles. The Balaban J connectivity index is 1.69. The molecule has 1 aliphatic rings. The second-order valence-corrected chi connectivity index (χ2v) is 7.08. The summed E-state index contributed by atoms with van der Waals surface area (Å²) in [7, 11) is 0. The lowest BCUT2D eigenvalue weighted by atomic mass is 9.90. The van der Waals surface area contributed by atoms with Crippen molar-refractivity contribution in [2.75, 3.05) is 13.1 Å². The number of hydrogen-bond acceptors (Lipinski definition) is 4. The summed E-state index contributed by atoms with van der Waals surface area (Å²) in [6.45, 7) is 4.10. The molecule has 3 rings (SSSR count). The smallest absolute Gasteiger partial charge is 0.336 e. The molecule has 1 aromatic carbocycles. The largest absolute Gasteiger partial charge is 0.478 e. The van der Waals surface area contributed by atoms with Gasteiger partial charge < -0.3 is 10.2 Å². The number of hydrogen-bond donors (Lipinski definition) is 2. The standard InChI is InChI=1S/C18H21NO3S/c1-12-7-9-23-17(12)15-6-8-19(11-16(15)20)10-13-4-2-3-5-14(13)18(21)22/h2-5,7,9,15-16,20H,6,8,10-11H2,1H3,(H,21,22)/t15-,16-/m0/s1. The molecule has 2 N–H and O–H groups in total. The van der Waals surface area contributed by atoms with Crippen molar-refractivity contribution in [3.05, 3.63) is 57.3 Å². The molecule has 1 saturated heterocycles. The van der Waals surface area contributed by atoms with E-state index in [0.29, 0.717) is 18.7 Å². The van der Waals surface area contributed by atoms with E-state index < -0.39 is 12.1 Å². The topological polar surface area (TPSA) is 60.8 Å². The Morgan fingerprint density at radius 3 is 2.78 bits per heavy atom. The van der Waals surface area contributed by atoms with Crippen LogP contribution >= 0.6 is 11.3 Å². The van der Waals surface area contributed by atoms with E-state index in [0.717, 1.165) is 18.5 Å². The maximum absolute atomic E-state index is 11.3. The molecule has 122 valence electrons. The molecule has 2 atom stereocenters. The van der Waals surface area contributed by atoms with Crippen molar-refractivity contribution in [2.45, 2.75) is 31.9 Å². The normalized spacial score (nSPS) is 22.2. The van der Waals surface area contributed by atoms with E-state index in [1.165, 1.54) is 10.4 Å². The zero-order chi connectivity index (χ0) is 16.4. The summed E-state index contributed by atoms with van der Waals surface area (Å²) in [6.07, 6.45) is 0.496. The molecule has 5 heteroatoms. The number of piperidine rings is 1. The molecule has 0 radical (unpaired) electrons. The Hall–Kier alpha value is -1.69. The molecule has 2 heterocycles. The number of carbonyl (C=O) groups is 1. The number of rotatable bonds is 4. The minimum absolute atomic E-state index is 0.195. The van der Waals surface area contributed by atoms with Gasteiger partial charge in [0.15, 0.2) is 0 Å². The van der Waals surface area contributed by atoms with E-state index in [4.69, 9.17) is 0 Å². The van der Waals surface area contributed by atoms with Crippen LogP contribution in [0.25, 0.3) is 0 Å². The number of β-amino-alcohol motifs (C(OH)–C–C–N with tert-alkyl or cyclic N) is 1. The third-order valence-corrected chi connectivity index (χ3v) is 5.70. The first-order chi connectivity index (χ1) is 11.1. The van der Waals surface area contributed by atoms with Crippen LogP contribution in [0, 0.1) is 6.92 Å². The third-order valence-electron chi connectivity index (χ3n) is 4.55. The van der Waals surface area contributed by atoms with E-state index in [-0.39, 0.29) is 5.92 Å². The molecular formula is C18H21NO3S. The Bertz CT molecular complexity index is 697. The average molecular weight is 331 g/mol. The van der Waals surface area contributed by atoms with Crippen LogP contribution in [0.3, 0.4) is 0 Å². The molecule has 0 bridgehead atoms. The number of aliphatic hydroxyl groups excluding tert-OH is 1. The summed E-state index contributed by atoms with van der Waals surface area (Å²) in [5.74, 6) is -0.703. The number of aliphatic hydroxyl groups is 1. The van der Waals surface area contributed by atoms with Gasteiger partial charge >= 0.3 is 5.97 Å². The monoisotopic (exact) mass is 331 g/mol. The highest BCUT2D eigenvalue weighted by atomic mass is 32.1. The maximum Gasteiger partial charge on any atom is 0.336 e. The fraction of sp³-hybridized carbons (Fsp3) is 0.389. The predicted octanol–water partition coefficient (Wildman–Crippen LogP) is 3.11. The number of carboxylic acids is 1. The lowest BCUT2D eigenvalue weighted by Crippen LogP contribution is -2.42. The second-order valence-electron chi connectivity index (χ2n) is 6.13. The van der Waals surface area contributed by atoms with Crippen LogP contribution in [0.5, 0.6) is 0 Å².